The third kappa shape index (κ3) is 7.11. The van der Waals surface area contributed by atoms with Crippen LogP contribution in [-0.4, -0.2) is 63.9 Å². The third-order valence-electron chi connectivity index (χ3n) is 5.66. The van der Waals surface area contributed by atoms with Crippen molar-refractivity contribution in [3.8, 4) is 11.5 Å². The second kappa shape index (κ2) is 11.4. The highest BCUT2D eigenvalue weighted by Gasteiger charge is 2.30. The monoisotopic (exact) mass is 503 g/mol. The van der Waals surface area contributed by atoms with Crippen LogP contribution in [0.3, 0.4) is 0 Å². The van der Waals surface area contributed by atoms with E-state index in [-0.39, 0.29) is 30.9 Å². The Hall–Kier alpha value is -3.27. The Morgan fingerprint density at radius 3 is 2.37 bits per heavy atom. The summed E-state index contributed by atoms with van der Waals surface area (Å²) in [4.78, 5) is 27.8. The van der Waals surface area contributed by atoms with Crippen molar-refractivity contribution in [1.29, 1.82) is 0 Å². The molecule has 9 nitrogen and oxygen atoms in total. The van der Waals surface area contributed by atoms with Gasteiger partial charge in [-0.25, -0.2) is 8.42 Å². The summed E-state index contributed by atoms with van der Waals surface area (Å²) >= 11 is 0. The molecular weight excluding hydrogens is 470 g/mol. The van der Waals surface area contributed by atoms with Gasteiger partial charge in [0, 0.05) is 19.2 Å². The Kier molecular flexibility index (Phi) is 8.61. The maximum atomic E-state index is 13.5. The number of carbonyl (C=O) groups excluding carboxylic acids is 2. The van der Waals surface area contributed by atoms with E-state index in [2.05, 4.69) is 5.32 Å². The molecule has 0 bridgehead atoms. The summed E-state index contributed by atoms with van der Waals surface area (Å²) in [7, 11) is -3.81. The van der Waals surface area contributed by atoms with Gasteiger partial charge in [-0.1, -0.05) is 44.2 Å². The van der Waals surface area contributed by atoms with Crippen LogP contribution in [0.5, 0.6) is 11.5 Å². The van der Waals surface area contributed by atoms with Crippen molar-refractivity contribution < 1.29 is 27.5 Å². The van der Waals surface area contributed by atoms with Crippen molar-refractivity contribution in [2.45, 2.75) is 33.2 Å². The molecule has 0 saturated carbocycles. The normalized spacial score (nSPS) is 13.4. The van der Waals surface area contributed by atoms with E-state index in [0.717, 1.165) is 16.1 Å². The summed E-state index contributed by atoms with van der Waals surface area (Å²) in [6.07, 6.45) is 1.56. The predicted octanol–water partition coefficient (Wildman–Crippen LogP) is 2.41. The van der Waals surface area contributed by atoms with Crippen LogP contribution in [0.15, 0.2) is 48.5 Å². The maximum absolute atomic E-state index is 13.5. The van der Waals surface area contributed by atoms with Gasteiger partial charge in [0.2, 0.25) is 28.6 Å². The van der Waals surface area contributed by atoms with Crippen molar-refractivity contribution >= 4 is 27.5 Å². The molecule has 0 fully saturated rings. The Labute approximate surface area is 207 Å². The number of sulfonamides is 1. The van der Waals surface area contributed by atoms with E-state index in [1.165, 1.54) is 11.0 Å². The maximum Gasteiger partial charge on any atom is 0.244 e. The van der Waals surface area contributed by atoms with Crippen LogP contribution in [0.25, 0.3) is 0 Å². The quantitative estimate of drug-likeness (QED) is 0.505. The second-order valence-electron chi connectivity index (χ2n) is 8.94. The molecular formula is C25H33N3O6S. The molecule has 0 saturated heterocycles. The number of rotatable bonds is 11. The summed E-state index contributed by atoms with van der Waals surface area (Å²) in [6, 6.07) is 13.5. The van der Waals surface area contributed by atoms with Crippen LogP contribution in [0, 0.1) is 5.92 Å². The van der Waals surface area contributed by atoms with Crippen LogP contribution >= 0.6 is 0 Å². The van der Waals surface area contributed by atoms with Crippen LogP contribution in [0.1, 0.15) is 26.3 Å². The van der Waals surface area contributed by atoms with Crippen LogP contribution < -0.4 is 19.1 Å². The number of fused-ring (bicyclic) bond motifs is 1. The molecule has 3 rings (SSSR count). The van der Waals surface area contributed by atoms with Gasteiger partial charge in [0.05, 0.1) is 11.9 Å². The van der Waals surface area contributed by atoms with Gasteiger partial charge < -0.3 is 19.7 Å². The minimum atomic E-state index is -3.81. The van der Waals surface area contributed by atoms with E-state index in [1.807, 2.05) is 44.2 Å². The molecule has 190 valence electrons. The average Bonchev–Trinajstić information content (AvgIpc) is 3.28. The number of hydrogen-bond donors (Lipinski definition) is 1. The van der Waals surface area contributed by atoms with Crippen molar-refractivity contribution in [1.82, 2.24) is 10.2 Å². The molecule has 1 aliphatic rings. The standard InChI is InChI=1S/C25H33N3O6S/c1-18(2)15-26-25(30)19(3)27(13-12-20-8-6-5-7-9-20)24(29)16-28(35(4,31)32)21-10-11-22-23(14-21)34-17-33-22/h5-11,14,18-19H,12-13,15-17H2,1-4H3,(H,26,30)/t19-/m0/s1. The van der Waals surface area contributed by atoms with Gasteiger partial charge in [0.1, 0.15) is 12.6 Å². The van der Waals surface area contributed by atoms with Gasteiger partial charge in [-0.2, -0.15) is 0 Å². The Morgan fingerprint density at radius 2 is 1.71 bits per heavy atom. The van der Waals surface area contributed by atoms with Gasteiger partial charge in [0.25, 0.3) is 0 Å². The molecule has 2 aromatic carbocycles. The van der Waals surface area contributed by atoms with E-state index in [0.29, 0.717) is 24.5 Å². The SMILES string of the molecule is CC(C)CNC(=O)[C@H](C)N(CCc1ccccc1)C(=O)CN(c1ccc2c(c1)OCO2)S(C)(=O)=O. The number of nitrogens with zero attached hydrogens (tertiary/aromatic N) is 2. The summed E-state index contributed by atoms with van der Waals surface area (Å²) in [5.74, 6) is 0.413. The Morgan fingerprint density at radius 1 is 1.03 bits per heavy atom. The van der Waals surface area contributed by atoms with E-state index in [1.54, 1.807) is 19.1 Å². The lowest BCUT2D eigenvalue weighted by molar-refractivity contribution is -0.138. The van der Waals surface area contributed by atoms with Gasteiger partial charge in [0.15, 0.2) is 11.5 Å². The first-order valence-electron chi connectivity index (χ1n) is 11.5. The molecule has 0 aromatic heterocycles. The molecule has 0 unspecified atom stereocenters. The largest absolute Gasteiger partial charge is 0.454 e. The van der Waals surface area contributed by atoms with E-state index >= 15 is 0 Å². The number of carbonyl (C=O) groups is 2. The summed E-state index contributed by atoms with van der Waals surface area (Å²) in [5, 5.41) is 2.86. The number of benzene rings is 2. The minimum Gasteiger partial charge on any atom is -0.454 e. The fourth-order valence-corrected chi connectivity index (χ4v) is 4.52. The molecule has 10 heteroatoms. The zero-order chi connectivity index (χ0) is 25.6. The van der Waals surface area contributed by atoms with E-state index in [4.69, 9.17) is 9.47 Å². The molecule has 0 aliphatic carbocycles. The van der Waals surface area contributed by atoms with Gasteiger partial charge in [-0.05, 0) is 37.0 Å². The number of anilines is 1. The number of ether oxygens (including phenoxy) is 2. The third-order valence-corrected chi connectivity index (χ3v) is 6.80. The number of amides is 2. The Balaban J connectivity index is 1.83. The fraction of sp³-hybridized carbons (Fsp3) is 0.440. The highest BCUT2D eigenvalue weighted by molar-refractivity contribution is 7.92. The molecule has 2 aromatic rings. The van der Waals surface area contributed by atoms with Crippen LogP contribution in [-0.2, 0) is 26.0 Å². The van der Waals surface area contributed by atoms with E-state index in [9.17, 15) is 18.0 Å². The number of nitrogens with one attached hydrogen (secondary N) is 1. The highest BCUT2D eigenvalue weighted by Crippen LogP contribution is 2.36. The lowest BCUT2D eigenvalue weighted by Gasteiger charge is -2.31. The van der Waals surface area contributed by atoms with Crippen LogP contribution in [0.4, 0.5) is 5.69 Å². The molecule has 35 heavy (non-hydrogen) atoms. The van der Waals surface area contributed by atoms with Crippen molar-refractivity contribution in [3.63, 3.8) is 0 Å². The smallest absolute Gasteiger partial charge is 0.244 e. The lowest BCUT2D eigenvalue weighted by Crippen LogP contribution is -2.52. The summed E-state index contributed by atoms with van der Waals surface area (Å²) < 4.78 is 37.0. The van der Waals surface area contributed by atoms with Crippen molar-refractivity contribution in [2.75, 3.05) is 37.0 Å². The second-order valence-corrected chi connectivity index (χ2v) is 10.9. The molecule has 1 N–H and O–H groups in total. The van der Waals surface area contributed by atoms with Gasteiger partial charge in [-0.3, -0.25) is 13.9 Å². The molecule has 1 heterocycles. The van der Waals surface area contributed by atoms with Crippen molar-refractivity contribution in [2.24, 2.45) is 5.92 Å². The zero-order valence-electron chi connectivity index (χ0n) is 20.6. The molecule has 1 aliphatic heterocycles. The van der Waals surface area contributed by atoms with E-state index < -0.39 is 28.5 Å². The average molecular weight is 504 g/mol. The summed E-state index contributed by atoms with van der Waals surface area (Å²) in [5.41, 5.74) is 1.29. The molecule has 0 spiro atoms. The first-order valence-corrected chi connectivity index (χ1v) is 13.4. The number of hydrogen-bond acceptors (Lipinski definition) is 6. The molecule has 1 atom stereocenters. The lowest BCUT2D eigenvalue weighted by atomic mass is 10.1. The fourth-order valence-electron chi connectivity index (χ4n) is 3.68. The summed E-state index contributed by atoms with van der Waals surface area (Å²) in [6.45, 7) is 5.97. The van der Waals surface area contributed by atoms with Gasteiger partial charge in [-0.15, -0.1) is 0 Å². The van der Waals surface area contributed by atoms with Gasteiger partial charge >= 0.3 is 0 Å². The topological polar surface area (TPSA) is 105 Å². The molecule has 2 amide bonds. The first kappa shape index (κ1) is 26.3. The minimum absolute atomic E-state index is 0.0485. The zero-order valence-corrected chi connectivity index (χ0v) is 21.4. The predicted molar refractivity (Wildman–Crippen MR) is 134 cm³/mol. The first-order chi connectivity index (χ1) is 16.6. The Bertz CT molecular complexity index is 1140. The van der Waals surface area contributed by atoms with Crippen LogP contribution in [0.2, 0.25) is 0 Å². The molecule has 0 radical (unpaired) electrons. The highest BCUT2D eigenvalue weighted by atomic mass is 32.2. The van der Waals surface area contributed by atoms with Crippen molar-refractivity contribution in [3.05, 3.63) is 54.1 Å².